The smallest absolute Gasteiger partial charge is 0.270 e. The largest absolute Gasteiger partial charge is 0.366 e. The number of benzene rings is 2. The van der Waals surface area contributed by atoms with Crippen LogP contribution in [0.5, 0.6) is 0 Å². The maximum Gasteiger partial charge on any atom is 0.270 e. The molecule has 0 fully saturated rings. The summed E-state index contributed by atoms with van der Waals surface area (Å²) in [6.45, 7) is 0.988. The lowest BCUT2D eigenvalue weighted by molar-refractivity contribution is 0.0949. The summed E-state index contributed by atoms with van der Waals surface area (Å²) in [5, 5.41) is 6.64. The number of halogens is 2. The Balaban J connectivity index is 1.51. The van der Waals surface area contributed by atoms with E-state index in [-0.39, 0.29) is 17.4 Å². The van der Waals surface area contributed by atoms with Gasteiger partial charge in [-0.1, -0.05) is 35.9 Å². The summed E-state index contributed by atoms with van der Waals surface area (Å²) in [5.41, 5.74) is 2.27. The molecule has 2 N–H and O–H groups in total. The van der Waals surface area contributed by atoms with Crippen LogP contribution in [0.4, 0.5) is 10.2 Å². The number of aromatic nitrogens is 2. The highest BCUT2D eigenvalue weighted by molar-refractivity contribution is 6.30. The molecule has 0 aliphatic carbocycles. The van der Waals surface area contributed by atoms with E-state index < -0.39 is 0 Å². The Morgan fingerprint density at radius 2 is 1.70 bits per heavy atom. The predicted octanol–water partition coefficient (Wildman–Crippen LogP) is 3.85. The Bertz CT molecular complexity index is 901. The van der Waals surface area contributed by atoms with Gasteiger partial charge in [0.2, 0.25) is 0 Å². The zero-order chi connectivity index (χ0) is 19.1. The number of anilines is 1. The van der Waals surface area contributed by atoms with Crippen molar-refractivity contribution in [3.05, 3.63) is 88.6 Å². The molecule has 138 valence electrons. The molecule has 27 heavy (non-hydrogen) atoms. The van der Waals surface area contributed by atoms with E-state index in [2.05, 4.69) is 20.6 Å². The lowest BCUT2D eigenvalue weighted by atomic mass is 10.1. The Morgan fingerprint density at radius 1 is 1.00 bits per heavy atom. The van der Waals surface area contributed by atoms with E-state index in [1.54, 1.807) is 18.2 Å². The van der Waals surface area contributed by atoms with Crippen LogP contribution in [0, 0.1) is 5.82 Å². The van der Waals surface area contributed by atoms with Gasteiger partial charge in [-0.2, -0.15) is 0 Å². The number of carbonyl (C=O) groups is 1. The van der Waals surface area contributed by atoms with Crippen LogP contribution in [-0.4, -0.2) is 22.4 Å². The van der Waals surface area contributed by atoms with E-state index in [1.807, 2.05) is 24.3 Å². The second-order valence-electron chi connectivity index (χ2n) is 5.90. The molecule has 7 heteroatoms. The van der Waals surface area contributed by atoms with Gasteiger partial charge in [-0.05, 0) is 41.8 Å². The maximum atomic E-state index is 12.9. The van der Waals surface area contributed by atoms with E-state index in [1.165, 1.54) is 18.5 Å². The van der Waals surface area contributed by atoms with Crippen molar-refractivity contribution in [1.29, 1.82) is 0 Å². The van der Waals surface area contributed by atoms with Crippen LogP contribution >= 0.6 is 11.6 Å². The Kier molecular flexibility index (Phi) is 6.33. The molecule has 0 radical (unpaired) electrons. The molecule has 0 saturated heterocycles. The summed E-state index contributed by atoms with van der Waals surface area (Å²) in [5.74, 6) is 0.0000833. The molecule has 0 aliphatic heterocycles. The summed E-state index contributed by atoms with van der Waals surface area (Å²) in [6, 6.07) is 15.3. The first-order chi connectivity index (χ1) is 13.1. The summed E-state index contributed by atoms with van der Waals surface area (Å²) >= 11 is 5.87. The van der Waals surface area contributed by atoms with Crippen LogP contribution in [0.3, 0.4) is 0 Å². The first-order valence-electron chi connectivity index (χ1n) is 8.43. The molecule has 0 saturated carbocycles. The van der Waals surface area contributed by atoms with Crippen LogP contribution in [0.1, 0.15) is 21.6 Å². The van der Waals surface area contributed by atoms with Gasteiger partial charge in [0.05, 0.1) is 0 Å². The molecule has 1 heterocycles. The normalized spacial score (nSPS) is 10.4. The molecular formula is C20H18ClFN4O. The average Bonchev–Trinajstić information content (AvgIpc) is 2.69. The van der Waals surface area contributed by atoms with Crippen molar-refractivity contribution in [3.63, 3.8) is 0 Å². The summed E-state index contributed by atoms with van der Waals surface area (Å²) in [7, 11) is 0. The molecule has 1 aromatic heterocycles. The zero-order valence-electron chi connectivity index (χ0n) is 14.5. The van der Waals surface area contributed by atoms with E-state index >= 15 is 0 Å². The first-order valence-corrected chi connectivity index (χ1v) is 8.81. The van der Waals surface area contributed by atoms with E-state index in [4.69, 9.17) is 11.6 Å². The molecule has 1 amide bonds. The van der Waals surface area contributed by atoms with Crippen LogP contribution in [-0.2, 0) is 13.0 Å². The summed E-state index contributed by atoms with van der Waals surface area (Å²) in [4.78, 5) is 20.4. The SMILES string of the molecule is O=C(NCCc1ccc(F)cc1)c1cc(NCc2ccc(Cl)cc2)ncn1. The van der Waals surface area contributed by atoms with Crippen LogP contribution in [0.15, 0.2) is 60.9 Å². The maximum absolute atomic E-state index is 12.9. The molecule has 3 rings (SSSR count). The number of hydrogen-bond acceptors (Lipinski definition) is 4. The summed E-state index contributed by atoms with van der Waals surface area (Å²) < 4.78 is 12.9. The van der Waals surface area contributed by atoms with Gasteiger partial charge in [-0.25, -0.2) is 14.4 Å². The highest BCUT2D eigenvalue weighted by atomic mass is 35.5. The van der Waals surface area contributed by atoms with Crippen molar-refractivity contribution in [2.75, 3.05) is 11.9 Å². The minimum absolute atomic E-state index is 0.276. The fourth-order valence-electron chi connectivity index (χ4n) is 2.44. The topological polar surface area (TPSA) is 66.9 Å². The van der Waals surface area contributed by atoms with Gasteiger partial charge >= 0.3 is 0 Å². The molecule has 0 aliphatic rings. The number of amides is 1. The number of hydrogen-bond donors (Lipinski definition) is 2. The Labute approximate surface area is 161 Å². The van der Waals surface area contributed by atoms with Gasteiger partial charge < -0.3 is 10.6 Å². The van der Waals surface area contributed by atoms with Gasteiger partial charge in [0.1, 0.15) is 23.7 Å². The Hall–Kier alpha value is -2.99. The molecule has 0 unspecified atom stereocenters. The number of carbonyl (C=O) groups excluding carboxylic acids is 1. The zero-order valence-corrected chi connectivity index (χ0v) is 15.2. The molecule has 0 atom stereocenters. The molecule has 3 aromatic rings. The van der Waals surface area contributed by atoms with E-state index in [0.717, 1.165) is 11.1 Å². The van der Waals surface area contributed by atoms with Crippen LogP contribution in [0.2, 0.25) is 5.02 Å². The third kappa shape index (κ3) is 5.76. The van der Waals surface area contributed by atoms with Gasteiger partial charge in [-0.15, -0.1) is 0 Å². The van der Waals surface area contributed by atoms with Crippen LogP contribution < -0.4 is 10.6 Å². The standard InChI is InChI=1S/C20H18ClFN4O/c21-16-5-1-15(2-6-16)12-24-19-11-18(25-13-26-19)20(27)23-10-9-14-3-7-17(22)8-4-14/h1-8,11,13H,9-10,12H2,(H,23,27)(H,24,25,26). The van der Waals surface area contributed by atoms with Crippen molar-refractivity contribution in [2.24, 2.45) is 0 Å². The second-order valence-corrected chi connectivity index (χ2v) is 6.34. The fraction of sp³-hybridized carbons (Fsp3) is 0.150. The minimum atomic E-state index is -0.283. The lowest BCUT2D eigenvalue weighted by Crippen LogP contribution is -2.26. The van der Waals surface area contributed by atoms with Crippen molar-refractivity contribution in [3.8, 4) is 0 Å². The number of nitrogens with one attached hydrogen (secondary N) is 2. The average molecular weight is 385 g/mol. The highest BCUT2D eigenvalue weighted by Gasteiger charge is 2.08. The van der Waals surface area contributed by atoms with Crippen molar-refractivity contribution >= 4 is 23.3 Å². The van der Waals surface area contributed by atoms with Gasteiger partial charge in [0.15, 0.2) is 0 Å². The van der Waals surface area contributed by atoms with E-state index in [0.29, 0.717) is 30.4 Å². The molecule has 5 nitrogen and oxygen atoms in total. The minimum Gasteiger partial charge on any atom is -0.366 e. The van der Waals surface area contributed by atoms with Crippen molar-refractivity contribution in [1.82, 2.24) is 15.3 Å². The summed E-state index contributed by atoms with van der Waals surface area (Å²) in [6.07, 6.45) is 1.96. The van der Waals surface area contributed by atoms with Crippen molar-refractivity contribution in [2.45, 2.75) is 13.0 Å². The first kappa shape index (κ1) is 18.8. The highest BCUT2D eigenvalue weighted by Crippen LogP contribution is 2.11. The van der Waals surface area contributed by atoms with E-state index in [9.17, 15) is 9.18 Å². The third-order valence-electron chi connectivity index (χ3n) is 3.90. The molecular weight excluding hydrogens is 367 g/mol. The van der Waals surface area contributed by atoms with Gasteiger partial charge in [0, 0.05) is 24.2 Å². The fourth-order valence-corrected chi connectivity index (χ4v) is 2.56. The molecule has 0 bridgehead atoms. The number of rotatable bonds is 7. The third-order valence-corrected chi connectivity index (χ3v) is 4.15. The van der Waals surface area contributed by atoms with Gasteiger partial charge in [0.25, 0.3) is 5.91 Å². The number of nitrogens with zero attached hydrogens (tertiary/aromatic N) is 2. The predicted molar refractivity (Wildman–Crippen MR) is 103 cm³/mol. The molecule has 0 spiro atoms. The lowest BCUT2D eigenvalue weighted by Gasteiger charge is -2.08. The van der Waals surface area contributed by atoms with Crippen molar-refractivity contribution < 1.29 is 9.18 Å². The molecule has 2 aromatic carbocycles. The van der Waals surface area contributed by atoms with Gasteiger partial charge in [-0.3, -0.25) is 4.79 Å². The van der Waals surface area contributed by atoms with Crippen LogP contribution in [0.25, 0.3) is 0 Å². The Morgan fingerprint density at radius 3 is 2.44 bits per heavy atom. The monoisotopic (exact) mass is 384 g/mol. The second kappa shape index (κ2) is 9.09. The quantitative estimate of drug-likeness (QED) is 0.649.